The van der Waals surface area contributed by atoms with Gasteiger partial charge in [0.15, 0.2) is 0 Å². The number of aryl methyl sites for hydroxylation is 1. The van der Waals surface area contributed by atoms with E-state index in [4.69, 9.17) is 0 Å². The summed E-state index contributed by atoms with van der Waals surface area (Å²) in [5.41, 5.74) is 6.78. The molecule has 28 heavy (non-hydrogen) atoms. The number of benzene rings is 2. The predicted molar refractivity (Wildman–Crippen MR) is 118 cm³/mol. The fourth-order valence-electron chi connectivity index (χ4n) is 3.69. The Morgan fingerprint density at radius 1 is 0.964 bits per heavy atom. The molecule has 0 aliphatic heterocycles. The van der Waals surface area contributed by atoms with Gasteiger partial charge in [-0.25, -0.2) is 4.98 Å². The first-order chi connectivity index (χ1) is 13.8. The molecule has 3 aromatic heterocycles. The second kappa shape index (κ2) is 7.21. The number of pyridine rings is 1. The summed E-state index contributed by atoms with van der Waals surface area (Å²) in [6.07, 6.45) is 7.37. The molecule has 0 spiro atoms. The van der Waals surface area contributed by atoms with Crippen LogP contribution in [-0.4, -0.2) is 14.5 Å². The van der Waals surface area contributed by atoms with Crippen LogP contribution >= 0.6 is 11.3 Å². The Balaban J connectivity index is 1.66. The van der Waals surface area contributed by atoms with E-state index in [9.17, 15) is 0 Å². The van der Waals surface area contributed by atoms with Crippen LogP contribution in [0.4, 0.5) is 0 Å². The van der Waals surface area contributed by atoms with Crippen molar-refractivity contribution in [1.82, 2.24) is 14.5 Å². The maximum Gasteiger partial charge on any atom is 0.108 e. The van der Waals surface area contributed by atoms with Crippen LogP contribution in [-0.2, 0) is 6.42 Å². The molecule has 0 aliphatic rings. The molecule has 3 heterocycles. The molecule has 0 saturated carbocycles. The van der Waals surface area contributed by atoms with Gasteiger partial charge >= 0.3 is 0 Å². The maximum atomic E-state index is 4.61. The number of nitrogens with zero attached hydrogens (tertiary/aromatic N) is 3. The van der Waals surface area contributed by atoms with Gasteiger partial charge < -0.3 is 0 Å². The molecule has 0 amide bonds. The van der Waals surface area contributed by atoms with Crippen LogP contribution in [0, 0.1) is 0 Å². The molecule has 4 heteroatoms. The maximum absolute atomic E-state index is 4.61. The van der Waals surface area contributed by atoms with E-state index < -0.39 is 0 Å². The van der Waals surface area contributed by atoms with Gasteiger partial charge in [-0.2, -0.15) is 0 Å². The summed E-state index contributed by atoms with van der Waals surface area (Å²) in [6.45, 7) is 2.23. The molecular formula is C24H21N3S. The van der Waals surface area contributed by atoms with Crippen LogP contribution in [0.1, 0.15) is 25.3 Å². The molecular weight excluding hydrogens is 362 g/mol. The topological polar surface area (TPSA) is 30.7 Å². The largest absolute Gasteiger partial charge is 0.298 e. The molecule has 0 bridgehead atoms. The van der Waals surface area contributed by atoms with Crippen molar-refractivity contribution in [3.8, 4) is 16.1 Å². The van der Waals surface area contributed by atoms with Gasteiger partial charge in [0.2, 0.25) is 0 Å². The Labute approximate surface area is 168 Å². The average molecular weight is 384 g/mol. The third kappa shape index (κ3) is 3.00. The summed E-state index contributed by atoms with van der Waals surface area (Å²) in [5.74, 6) is 0. The summed E-state index contributed by atoms with van der Waals surface area (Å²) in [6, 6.07) is 19.6. The molecule has 5 aromatic rings. The van der Waals surface area contributed by atoms with E-state index in [1.807, 2.05) is 12.5 Å². The minimum Gasteiger partial charge on any atom is -0.298 e. The van der Waals surface area contributed by atoms with Crippen LogP contribution in [0.3, 0.4) is 0 Å². The minimum atomic E-state index is 0.922. The highest BCUT2D eigenvalue weighted by Crippen LogP contribution is 2.31. The van der Waals surface area contributed by atoms with Gasteiger partial charge in [-0.3, -0.25) is 9.55 Å². The fraction of sp³-hybridized carbons (Fsp3) is 0.167. The highest BCUT2D eigenvalue weighted by atomic mass is 32.1. The van der Waals surface area contributed by atoms with Crippen molar-refractivity contribution in [2.24, 2.45) is 0 Å². The van der Waals surface area contributed by atoms with Crippen LogP contribution < -0.4 is 0 Å². The van der Waals surface area contributed by atoms with Crippen LogP contribution in [0.15, 0.2) is 72.5 Å². The number of fused-ring (bicyclic) bond motifs is 3. The van der Waals surface area contributed by atoms with E-state index in [1.54, 1.807) is 11.3 Å². The lowest BCUT2D eigenvalue weighted by atomic mass is 10.1. The van der Waals surface area contributed by atoms with Gasteiger partial charge in [0.05, 0.1) is 17.2 Å². The van der Waals surface area contributed by atoms with Crippen LogP contribution in [0.2, 0.25) is 0 Å². The monoisotopic (exact) mass is 383 g/mol. The molecule has 0 radical (unpaired) electrons. The molecule has 0 atom stereocenters. The van der Waals surface area contributed by atoms with Crippen molar-refractivity contribution in [2.45, 2.75) is 26.2 Å². The average Bonchev–Trinajstić information content (AvgIpc) is 3.42. The van der Waals surface area contributed by atoms with E-state index in [1.165, 1.54) is 28.8 Å². The molecule has 138 valence electrons. The number of hydrogen-bond donors (Lipinski definition) is 0. The highest BCUT2D eigenvalue weighted by molar-refractivity contribution is 7.13. The van der Waals surface area contributed by atoms with Crippen LogP contribution in [0.25, 0.3) is 38.1 Å². The van der Waals surface area contributed by atoms with Gasteiger partial charge in [-0.05, 0) is 59.7 Å². The summed E-state index contributed by atoms with van der Waals surface area (Å²) < 4.78 is 2.18. The zero-order valence-corrected chi connectivity index (χ0v) is 16.6. The van der Waals surface area contributed by atoms with Crippen molar-refractivity contribution in [3.63, 3.8) is 0 Å². The third-order valence-corrected chi connectivity index (χ3v) is 6.13. The smallest absolute Gasteiger partial charge is 0.108 e. The van der Waals surface area contributed by atoms with Crippen LogP contribution in [0.5, 0.6) is 0 Å². The van der Waals surface area contributed by atoms with E-state index in [2.05, 4.69) is 81.4 Å². The minimum absolute atomic E-state index is 0.922. The third-order valence-electron chi connectivity index (χ3n) is 5.21. The Bertz CT molecular complexity index is 1230. The summed E-state index contributed by atoms with van der Waals surface area (Å²) >= 11 is 1.76. The second-order valence-corrected chi connectivity index (χ2v) is 8.03. The Hall–Kier alpha value is -2.98. The molecule has 0 N–H and O–H groups in total. The normalized spacial score (nSPS) is 11.5. The van der Waals surface area contributed by atoms with Crippen molar-refractivity contribution >= 4 is 33.3 Å². The second-order valence-electron chi connectivity index (χ2n) is 7.09. The van der Waals surface area contributed by atoms with Crippen molar-refractivity contribution in [3.05, 3.63) is 78.1 Å². The Kier molecular flexibility index (Phi) is 4.41. The lowest BCUT2D eigenvalue weighted by molar-refractivity contribution is 0.795. The van der Waals surface area contributed by atoms with E-state index in [0.29, 0.717) is 0 Å². The first kappa shape index (κ1) is 17.1. The zero-order valence-electron chi connectivity index (χ0n) is 15.8. The first-order valence-corrected chi connectivity index (χ1v) is 10.6. The van der Waals surface area contributed by atoms with Gasteiger partial charge in [-0.15, -0.1) is 11.3 Å². The highest BCUT2D eigenvalue weighted by Gasteiger charge is 2.11. The molecule has 3 nitrogen and oxygen atoms in total. The van der Waals surface area contributed by atoms with Gasteiger partial charge in [0, 0.05) is 16.0 Å². The number of rotatable bonds is 5. The van der Waals surface area contributed by atoms with E-state index >= 15 is 0 Å². The van der Waals surface area contributed by atoms with Crippen molar-refractivity contribution < 1.29 is 0 Å². The fourth-order valence-corrected chi connectivity index (χ4v) is 4.41. The van der Waals surface area contributed by atoms with Crippen molar-refractivity contribution in [2.75, 3.05) is 0 Å². The molecule has 0 saturated heterocycles. The number of hydrogen-bond acceptors (Lipinski definition) is 3. The molecule has 0 fully saturated rings. The lowest BCUT2D eigenvalue weighted by Gasteiger charge is -2.09. The summed E-state index contributed by atoms with van der Waals surface area (Å²) in [5, 5.41) is 3.25. The standard InChI is InChI=1S/C24H21N3S/c1-2-3-5-17-7-10-19(11-8-17)27-16-26-22-15-25-21-12-9-18(14-20(21)24(22)27)23-6-4-13-28-23/h4,6-16H,2-3,5H2,1H3. The molecule has 0 aliphatic carbocycles. The van der Waals surface area contributed by atoms with Crippen molar-refractivity contribution in [1.29, 1.82) is 0 Å². The van der Waals surface area contributed by atoms with Gasteiger partial charge in [0.25, 0.3) is 0 Å². The number of imidazole rings is 1. The zero-order chi connectivity index (χ0) is 18.9. The first-order valence-electron chi connectivity index (χ1n) is 9.72. The summed E-state index contributed by atoms with van der Waals surface area (Å²) in [4.78, 5) is 10.5. The molecule has 2 aromatic carbocycles. The Morgan fingerprint density at radius 2 is 1.86 bits per heavy atom. The number of unbranched alkanes of at least 4 members (excludes halogenated alkanes) is 1. The quantitative estimate of drug-likeness (QED) is 0.340. The molecule has 0 unspecified atom stereocenters. The molecule has 5 rings (SSSR count). The number of aromatic nitrogens is 3. The lowest BCUT2D eigenvalue weighted by Crippen LogP contribution is -1.94. The SMILES string of the molecule is CCCCc1ccc(-n2cnc3cnc4ccc(-c5cccs5)cc4c32)cc1. The Morgan fingerprint density at radius 3 is 2.64 bits per heavy atom. The van der Waals surface area contributed by atoms with Gasteiger partial charge in [0.1, 0.15) is 11.8 Å². The van der Waals surface area contributed by atoms with E-state index in [0.717, 1.165) is 34.0 Å². The summed E-state index contributed by atoms with van der Waals surface area (Å²) in [7, 11) is 0. The number of thiophene rings is 1. The predicted octanol–water partition coefficient (Wildman–Crippen LogP) is 6.64. The van der Waals surface area contributed by atoms with Gasteiger partial charge in [-0.1, -0.05) is 37.6 Å². The van der Waals surface area contributed by atoms with E-state index in [-0.39, 0.29) is 0 Å².